The highest BCUT2D eigenvalue weighted by Gasteiger charge is 2.34. The molecule has 0 unspecified atom stereocenters. The third-order valence-corrected chi connectivity index (χ3v) is 8.58. The van der Waals surface area contributed by atoms with Crippen molar-refractivity contribution < 1.29 is 14.6 Å². The number of ether oxygens (including phenoxy) is 1. The zero-order chi connectivity index (χ0) is 26.9. The predicted octanol–water partition coefficient (Wildman–Crippen LogP) is 5.62. The van der Waals surface area contributed by atoms with Gasteiger partial charge in [0.2, 0.25) is 0 Å². The molecule has 37 heavy (non-hydrogen) atoms. The van der Waals surface area contributed by atoms with E-state index >= 15 is 0 Å². The first-order valence-corrected chi connectivity index (χ1v) is 15.1. The van der Waals surface area contributed by atoms with Gasteiger partial charge in [-0.25, -0.2) is 9.79 Å². The quantitative estimate of drug-likeness (QED) is 0.252. The molecule has 0 bridgehead atoms. The molecule has 0 saturated heterocycles. The number of halogens is 2. The third-order valence-electron chi connectivity index (χ3n) is 6.16. The normalized spacial score (nSPS) is 15.6. The molecule has 1 aromatic heterocycles. The van der Waals surface area contributed by atoms with E-state index in [0.29, 0.717) is 42.1 Å². The molecule has 1 aliphatic heterocycles. The summed E-state index contributed by atoms with van der Waals surface area (Å²) in [5.41, 5.74) is 3.38. The van der Waals surface area contributed by atoms with E-state index in [1.807, 2.05) is 43.3 Å². The number of hydrogen-bond acceptors (Lipinski definition) is 6. The maximum atomic E-state index is 13.9. The molecule has 0 saturated carbocycles. The lowest BCUT2D eigenvalue weighted by molar-refractivity contribution is -0.139. The van der Waals surface area contributed by atoms with Gasteiger partial charge in [0, 0.05) is 9.13 Å². The molecule has 194 valence electrons. The van der Waals surface area contributed by atoms with Crippen molar-refractivity contribution in [2.75, 3.05) is 6.61 Å². The molecule has 0 amide bonds. The molecule has 3 aromatic rings. The Balaban J connectivity index is 2.00. The van der Waals surface area contributed by atoms with E-state index < -0.39 is 12.0 Å². The Morgan fingerprint density at radius 1 is 1.22 bits per heavy atom. The Morgan fingerprint density at radius 2 is 1.92 bits per heavy atom. The first-order valence-electron chi connectivity index (χ1n) is 12.2. The maximum absolute atomic E-state index is 13.9. The van der Waals surface area contributed by atoms with Crippen LogP contribution in [0.25, 0.3) is 6.08 Å². The van der Waals surface area contributed by atoms with Crippen LogP contribution in [0.4, 0.5) is 0 Å². The number of benzene rings is 2. The topological polar surface area (TPSA) is 80.9 Å². The first kappa shape index (κ1) is 28.0. The number of phenolic OH excluding ortho intramolecular Hbond substituents is 1. The summed E-state index contributed by atoms with van der Waals surface area (Å²) >= 11 is 5.54. The lowest BCUT2D eigenvalue weighted by Gasteiger charge is -2.26. The summed E-state index contributed by atoms with van der Waals surface area (Å²) in [6, 6.07) is 11.1. The van der Waals surface area contributed by atoms with E-state index in [9.17, 15) is 14.7 Å². The van der Waals surface area contributed by atoms with Crippen molar-refractivity contribution in [3.8, 4) is 5.75 Å². The molecule has 0 spiro atoms. The van der Waals surface area contributed by atoms with Crippen LogP contribution >= 0.6 is 56.5 Å². The third kappa shape index (κ3) is 5.73. The van der Waals surface area contributed by atoms with Crippen LogP contribution in [0.1, 0.15) is 69.2 Å². The fourth-order valence-electron chi connectivity index (χ4n) is 4.34. The van der Waals surface area contributed by atoms with Crippen molar-refractivity contribution >= 4 is 68.6 Å². The van der Waals surface area contributed by atoms with Crippen LogP contribution in [0.2, 0.25) is 0 Å². The molecule has 9 heteroatoms. The number of esters is 1. The van der Waals surface area contributed by atoms with Crippen LogP contribution in [-0.2, 0) is 9.53 Å². The Morgan fingerprint density at radius 3 is 2.54 bits per heavy atom. The highest BCUT2D eigenvalue weighted by atomic mass is 127. The van der Waals surface area contributed by atoms with E-state index in [4.69, 9.17) is 9.73 Å². The van der Waals surface area contributed by atoms with E-state index in [2.05, 4.69) is 59.0 Å². The molecular formula is C28H28I2N2O4S. The maximum Gasteiger partial charge on any atom is 0.338 e. The fraction of sp³-hybridized carbons (Fsp3) is 0.321. The molecule has 0 aliphatic carbocycles. The summed E-state index contributed by atoms with van der Waals surface area (Å²) in [4.78, 5) is 32.5. The monoisotopic (exact) mass is 742 g/mol. The number of phenols is 1. The summed E-state index contributed by atoms with van der Waals surface area (Å²) < 4.78 is 9.17. The smallest absolute Gasteiger partial charge is 0.338 e. The molecule has 2 heterocycles. The van der Waals surface area contributed by atoms with Gasteiger partial charge in [-0.1, -0.05) is 62.8 Å². The van der Waals surface area contributed by atoms with Gasteiger partial charge in [0.1, 0.15) is 5.75 Å². The van der Waals surface area contributed by atoms with Crippen molar-refractivity contribution in [3.05, 3.63) is 91.2 Å². The van der Waals surface area contributed by atoms with E-state index in [1.54, 1.807) is 17.6 Å². The van der Waals surface area contributed by atoms with Crippen molar-refractivity contribution in [2.24, 2.45) is 4.99 Å². The number of allylic oxidation sites excluding steroid dienone is 1. The predicted molar refractivity (Wildman–Crippen MR) is 164 cm³/mol. The van der Waals surface area contributed by atoms with Crippen LogP contribution in [0.3, 0.4) is 0 Å². The molecule has 0 radical (unpaired) electrons. The molecule has 1 atom stereocenters. The van der Waals surface area contributed by atoms with E-state index in [0.717, 1.165) is 15.6 Å². The molecule has 4 rings (SSSR count). The number of aromatic hydroxyl groups is 1. The Bertz CT molecular complexity index is 1550. The summed E-state index contributed by atoms with van der Waals surface area (Å²) in [5.74, 6) is 0.0363. The van der Waals surface area contributed by atoms with Gasteiger partial charge in [-0.05, 0) is 93.8 Å². The van der Waals surface area contributed by atoms with Crippen molar-refractivity contribution in [1.29, 1.82) is 0 Å². The number of carbonyl (C=O) groups is 1. The average Bonchev–Trinajstić information content (AvgIpc) is 3.16. The van der Waals surface area contributed by atoms with Gasteiger partial charge >= 0.3 is 5.97 Å². The molecule has 6 nitrogen and oxygen atoms in total. The largest absolute Gasteiger partial charge is 0.506 e. The summed E-state index contributed by atoms with van der Waals surface area (Å²) in [6.45, 7) is 8.30. The second-order valence-electron chi connectivity index (χ2n) is 9.06. The Labute approximate surface area is 247 Å². The summed E-state index contributed by atoms with van der Waals surface area (Å²) in [5, 5.41) is 10.6. The minimum atomic E-state index is -0.648. The second-order valence-corrected chi connectivity index (χ2v) is 12.5. The summed E-state index contributed by atoms with van der Waals surface area (Å²) in [7, 11) is 0. The Hall–Kier alpha value is -1.99. The molecule has 1 aliphatic rings. The van der Waals surface area contributed by atoms with Crippen molar-refractivity contribution in [3.63, 3.8) is 0 Å². The van der Waals surface area contributed by atoms with Gasteiger partial charge in [-0.15, -0.1) is 0 Å². The van der Waals surface area contributed by atoms with Crippen LogP contribution < -0.4 is 14.9 Å². The summed E-state index contributed by atoms with van der Waals surface area (Å²) in [6.07, 6.45) is 3.09. The van der Waals surface area contributed by atoms with Gasteiger partial charge in [0.25, 0.3) is 5.56 Å². The van der Waals surface area contributed by atoms with Crippen molar-refractivity contribution in [2.45, 2.75) is 52.5 Å². The standard InChI is InChI=1S/C28H28I2N2O4S/c1-5-7-21-23(27(35)36-6-2)24(17-10-8-16(9-11-17)15(3)4)32-26(34)22(37-28(32)31-21)13-18-12-19(29)14-20(30)25(18)33/h8-15,24,33H,5-7H2,1-4H3/b22-13-/t24-/m1/s1. The minimum Gasteiger partial charge on any atom is -0.506 e. The zero-order valence-corrected chi connectivity index (χ0v) is 26.2. The van der Waals surface area contributed by atoms with Crippen LogP contribution in [0, 0.1) is 7.14 Å². The number of rotatable bonds is 7. The highest BCUT2D eigenvalue weighted by molar-refractivity contribution is 14.1. The van der Waals surface area contributed by atoms with Gasteiger partial charge in [-0.2, -0.15) is 0 Å². The minimum absolute atomic E-state index is 0.131. The van der Waals surface area contributed by atoms with Gasteiger partial charge in [-0.3, -0.25) is 9.36 Å². The van der Waals surface area contributed by atoms with E-state index in [-0.39, 0.29) is 17.9 Å². The SMILES string of the molecule is CCCC1=C(C(=O)OCC)[C@@H](c2ccc(C(C)C)cc2)n2c(s/c(=C\c3cc(I)cc(I)c3O)c2=O)=N1. The van der Waals surface area contributed by atoms with Crippen molar-refractivity contribution in [1.82, 2.24) is 4.57 Å². The number of hydrogen-bond donors (Lipinski definition) is 1. The molecular weight excluding hydrogens is 714 g/mol. The van der Waals surface area contributed by atoms with E-state index in [1.165, 1.54) is 16.9 Å². The molecule has 1 N–H and O–H groups in total. The molecule has 0 fully saturated rings. The second kappa shape index (κ2) is 11.8. The zero-order valence-electron chi connectivity index (χ0n) is 21.0. The number of nitrogens with zero attached hydrogens (tertiary/aromatic N) is 2. The Kier molecular flexibility index (Phi) is 8.95. The number of thiazole rings is 1. The first-order chi connectivity index (χ1) is 17.7. The van der Waals surface area contributed by atoms with Crippen LogP contribution in [-0.4, -0.2) is 22.2 Å². The van der Waals surface area contributed by atoms with Gasteiger partial charge in [0.05, 0.1) is 32.0 Å². The van der Waals surface area contributed by atoms with Gasteiger partial charge in [0.15, 0.2) is 4.80 Å². The van der Waals surface area contributed by atoms with Crippen LogP contribution in [0.15, 0.2) is 57.5 Å². The number of aromatic nitrogens is 1. The van der Waals surface area contributed by atoms with Gasteiger partial charge < -0.3 is 9.84 Å². The average molecular weight is 742 g/mol. The lowest BCUT2D eigenvalue weighted by Crippen LogP contribution is -2.40. The fourth-order valence-corrected chi connectivity index (χ4v) is 7.24. The highest BCUT2D eigenvalue weighted by Crippen LogP contribution is 2.33. The molecule has 2 aromatic carbocycles. The van der Waals surface area contributed by atoms with Crippen LogP contribution in [0.5, 0.6) is 5.75 Å². The number of carbonyl (C=O) groups excluding carboxylic acids is 1. The lowest BCUT2D eigenvalue weighted by atomic mass is 9.92. The number of fused-ring (bicyclic) bond motifs is 1.